The molecule has 7 heteroatoms. The van der Waals surface area contributed by atoms with E-state index in [1.54, 1.807) is 0 Å². The van der Waals surface area contributed by atoms with Crippen molar-refractivity contribution in [3.05, 3.63) is 12.7 Å². The molecule has 0 spiro atoms. The molecule has 0 saturated heterocycles. The van der Waals surface area contributed by atoms with E-state index in [1.165, 1.54) is 32.1 Å². The fraction of sp³-hybridized carbons (Fsp3) is 0.800. The van der Waals surface area contributed by atoms with Crippen molar-refractivity contribution in [1.82, 2.24) is 5.32 Å². The summed E-state index contributed by atoms with van der Waals surface area (Å²) in [6, 6.07) is -0.550. The Hall–Kier alpha value is 0.120. The summed E-state index contributed by atoms with van der Waals surface area (Å²) in [6.45, 7) is 5.52. The van der Waals surface area contributed by atoms with Crippen molar-refractivity contribution in [2.24, 2.45) is 0 Å². The van der Waals surface area contributed by atoms with Gasteiger partial charge >= 0.3 is 29.6 Å². The van der Waals surface area contributed by atoms with Crippen LogP contribution in [0.1, 0.15) is 66.1 Å². The smallest absolute Gasteiger partial charge is 1.00 e. The third kappa shape index (κ3) is 16.5. The number of carbonyl (C=O) groups is 1. The predicted molar refractivity (Wildman–Crippen MR) is 86.9 cm³/mol. The molecule has 0 saturated carbocycles. The maximum Gasteiger partial charge on any atom is 1.00 e. The maximum atomic E-state index is 11.2. The Kier molecular flexibility index (Phi) is 16.3. The molecule has 0 aromatic rings. The standard InChI is InChI=1S/C15H29NO4S.Na.H/c1-3-5-6-7-8-9-10-11-12-14(13-21(18,19)20)16-15(17)4-2;;/h4,14H,2-3,5-13H2,1H3,(H,16,17)(H,18,19,20);;/q;+1;-1. The first-order valence-corrected chi connectivity index (χ1v) is 9.38. The minimum Gasteiger partial charge on any atom is -1.00 e. The van der Waals surface area contributed by atoms with Gasteiger partial charge in [0.2, 0.25) is 5.91 Å². The van der Waals surface area contributed by atoms with Crippen LogP contribution in [0, 0.1) is 0 Å². The minimum absolute atomic E-state index is 0. The van der Waals surface area contributed by atoms with Gasteiger partial charge in [0.1, 0.15) is 0 Å². The van der Waals surface area contributed by atoms with Crippen molar-refractivity contribution in [2.75, 3.05) is 5.75 Å². The monoisotopic (exact) mass is 343 g/mol. The largest absolute Gasteiger partial charge is 1.00 e. The average Bonchev–Trinajstić information content (AvgIpc) is 2.39. The van der Waals surface area contributed by atoms with Crippen molar-refractivity contribution in [3.63, 3.8) is 0 Å². The maximum absolute atomic E-state index is 11.2. The predicted octanol–water partition coefficient (Wildman–Crippen LogP) is 0.192. The van der Waals surface area contributed by atoms with Gasteiger partial charge in [0, 0.05) is 6.04 Å². The second-order valence-corrected chi connectivity index (χ2v) is 6.92. The van der Waals surface area contributed by atoms with Gasteiger partial charge in [-0.05, 0) is 12.5 Å². The van der Waals surface area contributed by atoms with Crippen molar-refractivity contribution in [3.8, 4) is 0 Å². The molecule has 0 aromatic carbocycles. The molecule has 0 heterocycles. The number of nitrogens with one attached hydrogen (secondary N) is 1. The summed E-state index contributed by atoms with van der Waals surface area (Å²) < 4.78 is 30.7. The van der Waals surface area contributed by atoms with Crippen LogP contribution in [-0.4, -0.2) is 30.7 Å². The van der Waals surface area contributed by atoms with E-state index in [0.29, 0.717) is 6.42 Å². The number of hydrogen-bond acceptors (Lipinski definition) is 3. The van der Waals surface area contributed by atoms with Crippen LogP contribution in [0.25, 0.3) is 0 Å². The van der Waals surface area contributed by atoms with E-state index in [1.807, 2.05) is 0 Å². The molecule has 0 fully saturated rings. The zero-order valence-corrected chi connectivity index (χ0v) is 16.8. The van der Waals surface area contributed by atoms with Gasteiger partial charge < -0.3 is 6.74 Å². The molecule has 1 amide bonds. The van der Waals surface area contributed by atoms with Crippen LogP contribution in [0.5, 0.6) is 0 Å². The second-order valence-electron chi connectivity index (χ2n) is 5.42. The Morgan fingerprint density at radius 3 is 2.14 bits per heavy atom. The molecular weight excluding hydrogens is 313 g/mol. The zero-order chi connectivity index (χ0) is 16.1. The molecule has 0 bridgehead atoms. The second kappa shape index (κ2) is 14.7. The van der Waals surface area contributed by atoms with Gasteiger partial charge in [0.15, 0.2) is 0 Å². The van der Waals surface area contributed by atoms with Crippen LogP contribution >= 0.6 is 0 Å². The van der Waals surface area contributed by atoms with Crippen molar-refractivity contribution < 1.29 is 48.7 Å². The van der Waals surface area contributed by atoms with E-state index in [2.05, 4.69) is 18.8 Å². The third-order valence-corrected chi connectivity index (χ3v) is 4.17. The van der Waals surface area contributed by atoms with Crippen LogP contribution < -0.4 is 34.9 Å². The molecule has 22 heavy (non-hydrogen) atoms. The molecule has 1 unspecified atom stereocenters. The average molecular weight is 343 g/mol. The number of unbranched alkanes of at least 4 members (excludes halogenated alkanes) is 7. The molecule has 5 nitrogen and oxygen atoms in total. The molecule has 0 rings (SSSR count). The Balaban J connectivity index is -0.00000200. The normalized spacial score (nSPS) is 12.3. The van der Waals surface area contributed by atoms with Gasteiger partial charge in [-0.3, -0.25) is 9.35 Å². The van der Waals surface area contributed by atoms with Crippen LogP contribution in [0.15, 0.2) is 12.7 Å². The third-order valence-electron chi connectivity index (χ3n) is 3.35. The Labute approximate surface area is 158 Å². The quantitative estimate of drug-likeness (QED) is 0.216. The van der Waals surface area contributed by atoms with E-state index in [4.69, 9.17) is 4.55 Å². The molecule has 0 aromatic heterocycles. The van der Waals surface area contributed by atoms with Crippen LogP contribution in [-0.2, 0) is 14.9 Å². The molecule has 0 aliphatic carbocycles. The number of amides is 1. The Bertz CT molecular complexity index is 404. The first kappa shape index (κ1) is 24.4. The summed E-state index contributed by atoms with van der Waals surface area (Å²) in [5, 5.41) is 2.55. The molecule has 1 atom stereocenters. The van der Waals surface area contributed by atoms with E-state index in [9.17, 15) is 13.2 Å². The SMILES string of the molecule is C=CC(=O)NC(CCCCCCCCCC)CS(=O)(=O)O.[H-].[Na+]. The summed E-state index contributed by atoms with van der Waals surface area (Å²) in [7, 11) is -4.08. The zero-order valence-electron chi connectivity index (χ0n) is 15.0. The van der Waals surface area contributed by atoms with Gasteiger partial charge in [0.25, 0.3) is 10.1 Å². The number of hydrogen-bond donors (Lipinski definition) is 2. The summed E-state index contributed by atoms with van der Waals surface area (Å²) in [4.78, 5) is 11.2. The summed E-state index contributed by atoms with van der Waals surface area (Å²) in [5.41, 5.74) is 0. The van der Waals surface area contributed by atoms with Gasteiger partial charge in [0.05, 0.1) is 5.75 Å². The van der Waals surface area contributed by atoms with E-state index < -0.39 is 27.8 Å². The fourth-order valence-corrected chi connectivity index (χ4v) is 2.99. The topological polar surface area (TPSA) is 83.5 Å². The molecular formula is C15H30NNaO4S. The van der Waals surface area contributed by atoms with Crippen molar-refractivity contribution in [1.29, 1.82) is 0 Å². The summed E-state index contributed by atoms with van der Waals surface area (Å²) in [5.74, 6) is -0.855. The molecule has 126 valence electrons. The number of carbonyl (C=O) groups excluding carboxylic acids is 1. The van der Waals surface area contributed by atoms with Crippen molar-refractivity contribution in [2.45, 2.75) is 70.8 Å². The van der Waals surface area contributed by atoms with Gasteiger partial charge in [-0.1, -0.05) is 64.9 Å². The van der Waals surface area contributed by atoms with Crippen LogP contribution in [0.4, 0.5) is 0 Å². The Morgan fingerprint density at radius 1 is 1.18 bits per heavy atom. The molecule has 2 N–H and O–H groups in total. The molecule has 0 aliphatic heterocycles. The van der Waals surface area contributed by atoms with Crippen molar-refractivity contribution >= 4 is 16.0 Å². The van der Waals surface area contributed by atoms with Gasteiger partial charge in [-0.15, -0.1) is 0 Å². The van der Waals surface area contributed by atoms with E-state index in [0.717, 1.165) is 25.3 Å². The molecule has 0 aliphatic rings. The van der Waals surface area contributed by atoms with Crippen LogP contribution in [0.3, 0.4) is 0 Å². The number of rotatable bonds is 13. The molecule has 0 radical (unpaired) electrons. The van der Waals surface area contributed by atoms with Gasteiger partial charge in [-0.2, -0.15) is 8.42 Å². The van der Waals surface area contributed by atoms with E-state index >= 15 is 0 Å². The van der Waals surface area contributed by atoms with Gasteiger partial charge in [-0.25, -0.2) is 0 Å². The van der Waals surface area contributed by atoms with Crippen LogP contribution in [0.2, 0.25) is 0 Å². The van der Waals surface area contributed by atoms with E-state index in [-0.39, 0.29) is 31.0 Å². The first-order valence-electron chi connectivity index (χ1n) is 7.77. The minimum atomic E-state index is -4.08. The Morgan fingerprint density at radius 2 is 1.68 bits per heavy atom. The summed E-state index contributed by atoms with van der Waals surface area (Å²) >= 11 is 0. The fourth-order valence-electron chi connectivity index (χ4n) is 2.24. The first-order chi connectivity index (χ1) is 9.89. The summed E-state index contributed by atoms with van der Waals surface area (Å²) in [6.07, 6.45) is 10.9.